The van der Waals surface area contributed by atoms with Crippen molar-refractivity contribution in [3.05, 3.63) is 48.0 Å². The molecule has 0 heterocycles. The molecule has 0 saturated heterocycles. The van der Waals surface area contributed by atoms with Gasteiger partial charge in [-0.15, -0.1) is 0 Å². The molecule has 0 aliphatic carbocycles. The zero-order valence-electron chi connectivity index (χ0n) is 11.9. The second-order valence-corrected chi connectivity index (χ2v) is 5.82. The monoisotopic (exact) mass is 256 g/mol. The van der Waals surface area contributed by atoms with E-state index in [1.54, 1.807) is 0 Å². The van der Waals surface area contributed by atoms with Crippen LogP contribution in [-0.4, -0.2) is 11.6 Å². The van der Waals surface area contributed by atoms with Crippen molar-refractivity contribution >= 4 is 16.7 Å². The van der Waals surface area contributed by atoms with E-state index in [9.17, 15) is 4.79 Å². The van der Waals surface area contributed by atoms with Crippen molar-refractivity contribution in [2.24, 2.45) is 0 Å². The summed E-state index contributed by atoms with van der Waals surface area (Å²) in [4.78, 5) is 12.2. The van der Waals surface area contributed by atoms with Crippen LogP contribution in [0, 0.1) is 0 Å². The molecule has 0 N–H and O–H groups in total. The van der Waals surface area contributed by atoms with Crippen molar-refractivity contribution in [1.29, 1.82) is 0 Å². The molecule has 0 radical (unpaired) electrons. The topological polar surface area (TPSA) is 26.3 Å². The molecule has 0 aromatic heterocycles. The van der Waals surface area contributed by atoms with Gasteiger partial charge in [0.25, 0.3) is 0 Å². The molecule has 2 nitrogen and oxygen atoms in total. The predicted molar refractivity (Wildman–Crippen MR) is 78.2 cm³/mol. The number of esters is 1. The summed E-state index contributed by atoms with van der Waals surface area (Å²) >= 11 is 0. The molecule has 1 unspecified atom stereocenters. The zero-order chi connectivity index (χ0) is 14.0. The van der Waals surface area contributed by atoms with E-state index in [-0.39, 0.29) is 11.9 Å². The molecule has 2 rings (SSSR count). The van der Waals surface area contributed by atoms with Crippen LogP contribution >= 0.6 is 0 Å². The van der Waals surface area contributed by atoms with Gasteiger partial charge in [-0.3, -0.25) is 4.79 Å². The number of carbonyl (C=O) groups excluding carboxylic acids is 1. The number of hydrogen-bond donors (Lipinski definition) is 0. The highest BCUT2D eigenvalue weighted by Gasteiger charge is 2.23. The van der Waals surface area contributed by atoms with Crippen LogP contribution in [0.15, 0.2) is 42.5 Å². The van der Waals surface area contributed by atoms with Crippen molar-refractivity contribution in [3.63, 3.8) is 0 Å². The van der Waals surface area contributed by atoms with Gasteiger partial charge >= 0.3 is 5.97 Å². The third-order valence-electron chi connectivity index (χ3n) is 3.05. The standard InChI is InChI=1S/C17H20O2/c1-12(16(18)19-17(2,3)4)14-11-7-9-13-8-5-6-10-15(13)14/h5-12H,1-4H3. The minimum absolute atomic E-state index is 0.177. The Hall–Kier alpha value is -1.83. The molecule has 19 heavy (non-hydrogen) atoms. The largest absolute Gasteiger partial charge is 0.460 e. The summed E-state index contributed by atoms with van der Waals surface area (Å²) in [6, 6.07) is 14.1. The van der Waals surface area contributed by atoms with Crippen LogP contribution in [-0.2, 0) is 9.53 Å². The fourth-order valence-corrected chi connectivity index (χ4v) is 2.15. The summed E-state index contributed by atoms with van der Waals surface area (Å²) in [5, 5.41) is 2.26. The van der Waals surface area contributed by atoms with Crippen LogP contribution in [0.25, 0.3) is 10.8 Å². The average Bonchev–Trinajstić information content (AvgIpc) is 2.35. The molecule has 2 heteroatoms. The van der Waals surface area contributed by atoms with Gasteiger partial charge in [0.15, 0.2) is 0 Å². The lowest BCUT2D eigenvalue weighted by molar-refractivity contribution is -0.156. The van der Waals surface area contributed by atoms with Crippen molar-refractivity contribution in [1.82, 2.24) is 0 Å². The maximum Gasteiger partial charge on any atom is 0.313 e. The Morgan fingerprint density at radius 3 is 2.37 bits per heavy atom. The van der Waals surface area contributed by atoms with Crippen molar-refractivity contribution in [2.75, 3.05) is 0 Å². The van der Waals surface area contributed by atoms with Crippen molar-refractivity contribution in [2.45, 2.75) is 39.2 Å². The van der Waals surface area contributed by atoms with Crippen LogP contribution in [0.5, 0.6) is 0 Å². The normalized spacial score (nSPS) is 13.3. The summed E-state index contributed by atoms with van der Waals surface area (Å²) < 4.78 is 5.46. The molecule has 0 spiro atoms. The van der Waals surface area contributed by atoms with E-state index in [4.69, 9.17) is 4.74 Å². The molecule has 2 aromatic carbocycles. The van der Waals surface area contributed by atoms with Gasteiger partial charge in [-0.05, 0) is 44.0 Å². The van der Waals surface area contributed by atoms with E-state index in [0.717, 1.165) is 16.3 Å². The van der Waals surface area contributed by atoms with Crippen LogP contribution in [0.3, 0.4) is 0 Å². The molecule has 0 amide bonds. The molecule has 0 aliphatic heterocycles. The Morgan fingerprint density at radius 1 is 1.05 bits per heavy atom. The maximum atomic E-state index is 12.2. The fraction of sp³-hybridized carbons (Fsp3) is 0.353. The average molecular weight is 256 g/mol. The summed E-state index contributed by atoms with van der Waals surface area (Å²) in [7, 11) is 0. The van der Waals surface area contributed by atoms with E-state index < -0.39 is 5.60 Å². The number of ether oxygens (including phenoxy) is 1. The second-order valence-electron chi connectivity index (χ2n) is 5.82. The smallest absolute Gasteiger partial charge is 0.313 e. The molecule has 0 saturated carbocycles. The Labute approximate surface area is 114 Å². The molecule has 0 bridgehead atoms. The zero-order valence-corrected chi connectivity index (χ0v) is 11.9. The van der Waals surface area contributed by atoms with Gasteiger partial charge in [-0.1, -0.05) is 42.5 Å². The molecule has 100 valence electrons. The van der Waals surface area contributed by atoms with Crippen LogP contribution in [0.1, 0.15) is 39.2 Å². The molecule has 0 fully saturated rings. The summed E-state index contributed by atoms with van der Waals surface area (Å²) in [5.74, 6) is -0.436. The third-order valence-corrected chi connectivity index (χ3v) is 3.05. The molecule has 0 aliphatic rings. The van der Waals surface area contributed by atoms with Gasteiger partial charge in [-0.25, -0.2) is 0 Å². The highest BCUT2D eigenvalue weighted by molar-refractivity contribution is 5.91. The van der Waals surface area contributed by atoms with Crippen molar-refractivity contribution < 1.29 is 9.53 Å². The molecule has 2 aromatic rings. The summed E-state index contributed by atoms with van der Waals surface area (Å²) in [6.07, 6.45) is 0. The summed E-state index contributed by atoms with van der Waals surface area (Å²) in [5.41, 5.74) is 0.572. The summed E-state index contributed by atoms with van der Waals surface area (Å²) in [6.45, 7) is 7.57. The van der Waals surface area contributed by atoms with E-state index in [1.807, 2.05) is 58.0 Å². The van der Waals surface area contributed by atoms with Crippen molar-refractivity contribution in [3.8, 4) is 0 Å². The first-order chi connectivity index (χ1) is 8.88. The van der Waals surface area contributed by atoms with Crippen LogP contribution in [0.4, 0.5) is 0 Å². The number of fused-ring (bicyclic) bond motifs is 1. The highest BCUT2D eigenvalue weighted by Crippen LogP contribution is 2.27. The van der Waals surface area contributed by atoms with E-state index in [2.05, 4.69) is 12.1 Å². The Kier molecular flexibility index (Phi) is 3.61. The van der Waals surface area contributed by atoms with E-state index >= 15 is 0 Å². The quantitative estimate of drug-likeness (QED) is 0.749. The van der Waals surface area contributed by atoms with Crippen LogP contribution in [0.2, 0.25) is 0 Å². The maximum absolute atomic E-state index is 12.2. The van der Waals surface area contributed by atoms with Gasteiger partial charge in [0.1, 0.15) is 5.60 Å². The second kappa shape index (κ2) is 5.04. The number of carbonyl (C=O) groups is 1. The first kappa shape index (κ1) is 13.6. The fourth-order valence-electron chi connectivity index (χ4n) is 2.15. The van der Waals surface area contributed by atoms with Gasteiger partial charge in [0.2, 0.25) is 0 Å². The molecular formula is C17H20O2. The third kappa shape index (κ3) is 3.14. The minimum atomic E-state index is -0.448. The highest BCUT2D eigenvalue weighted by atomic mass is 16.6. The predicted octanol–water partition coefficient (Wildman–Crippen LogP) is 4.29. The Morgan fingerprint density at radius 2 is 1.68 bits per heavy atom. The SMILES string of the molecule is CC(C(=O)OC(C)(C)C)c1cccc2ccccc12. The number of hydrogen-bond acceptors (Lipinski definition) is 2. The van der Waals surface area contributed by atoms with Gasteiger partial charge in [0.05, 0.1) is 5.92 Å². The van der Waals surface area contributed by atoms with Crippen LogP contribution < -0.4 is 0 Å². The number of rotatable bonds is 2. The lowest BCUT2D eigenvalue weighted by atomic mass is 9.95. The van der Waals surface area contributed by atoms with Gasteiger partial charge in [-0.2, -0.15) is 0 Å². The molecular weight excluding hydrogens is 236 g/mol. The van der Waals surface area contributed by atoms with Gasteiger partial charge in [0, 0.05) is 0 Å². The van der Waals surface area contributed by atoms with Gasteiger partial charge < -0.3 is 4.74 Å². The first-order valence-electron chi connectivity index (χ1n) is 6.59. The Balaban J connectivity index is 2.36. The van der Waals surface area contributed by atoms with E-state index in [1.165, 1.54) is 0 Å². The number of benzene rings is 2. The van der Waals surface area contributed by atoms with E-state index in [0.29, 0.717) is 0 Å². The minimum Gasteiger partial charge on any atom is -0.460 e. The Bertz CT molecular complexity index is 588. The molecule has 1 atom stereocenters. The first-order valence-corrected chi connectivity index (χ1v) is 6.59. The lowest BCUT2D eigenvalue weighted by Crippen LogP contribution is -2.26. The lowest BCUT2D eigenvalue weighted by Gasteiger charge is -2.23.